The normalized spacial score (nSPS) is 9.56. The fraction of sp³-hybridized carbons (Fsp3) is 0.0769. The molecule has 2 aromatic heterocycles. The maximum atomic E-state index is 11.9. The zero-order chi connectivity index (χ0) is 13.0. The molecule has 5 heteroatoms. The molecule has 2 aromatic rings. The molecule has 0 atom stereocenters. The third-order valence-electron chi connectivity index (χ3n) is 2.28. The Labute approximate surface area is 104 Å². The maximum absolute atomic E-state index is 11.9. The fourth-order valence-electron chi connectivity index (χ4n) is 1.44. The van der Waals surface area contributed by atoms with E-state index >= 15 is 0 Å². The molecule has 2 rings (SSSR count). The number of amides is 1. The van der Waals surface area contributed by atoms with Crippen LogP contribution < -0.4 is 5.32 Å². The molecule has 0 saturated carbocycles. The Kier molecular flexibility index (Phi) is 3.30. The second kappa shape index (κ2) is 5.06. The predicted molar refractivity (Wildman–Crippen MR) is 65.9 cm³/mol. The average molecular weight is 238 g/mol. The van der Waals surface area contributed by atoms with Crippen molar-refractivity contribution < 1.29 is 4.79 Å². The molecule has 1 amide bonds. The maximum Gasteiger partial charge on any atom is 0.275 e. The second-order valence-corrected chi connectivity index (χ2v) is 3.63. The Morgan fingerprint density at radius 2 is 2.17 bits per heavy atom. The highest BCUT2D eigenvalue weighted by molar-refractivity contribution is 6.02. The van der Waals surface area contributed by atoms with E-state index in [1.807, 2.05) is 6.07 Å². The molecule has 0 spiro atoms. The number of rotatable bonds is 2. The van der Waals surface area contributed by atoms with Gasteiger partial charge in [0.2, 0.25) is 0 Å². The molecular formula is C13H10N4O. The van der Waals surface area contributed by atoms with Gasteiger partial charge >= 0.3 is 0 Å². The zero-order valence-electron chi connectivity index (χ0n) is 9.71. The number of nitrogens with one attached hydrogen (secondary N) is 1. The monoisotopic (exact) mass is 238 g/mol. The van der Waals surface area contributed by atoms with Crippen LogP contribution in [0, 0.1) is 18.3 Å². The van der Waals surface area contributed by atoms with E-state index in [1.54, 1.807) is 37.3 Å². The smallest absolute Gasteiger partial charge is 0.275 e. The lowest BCUT2D eigenvalue weighted by Gasteiger charge is -2.05. The summed E-state index contributed by atoms with van der Waals surface area (Å²) in [7, 11) is 0. The first-order valence-corrected chi connectivity index (χ1v) is 5.31. The number of hydrogen-bond acceptors (Lipinski definition) is 4. The van der Waals surface area contributed by atoms with Crippen LogP contribution in [0.2, 0.25) is 0 Å². The van der Waals surface area contributed by atoms with E-state index in [2.05, 4.69) is 15.3 Å². The van der Waals surface area contributed by atoms with Crippen LogP contribution in [0.5, 0.6) is 0 Å². The van der Waals surface area contributed by atoms with Gasteiger partial charge in [0.1, 0.15) is 11.8 Å². The summed E-state index contributed by atoms with van der Waals surface area (Å²) < 4.78 is 0. The highest BCUT2D eigenvalue weighted by Crippen LogP contribution is 2.11. The molecular weight excluding hydrogens is 228 g/mol. The number of nitriles is 1. The topological polar surface area (TPSA) is 78.7 Å². The van der Waals surface area contributed by atoms with Gasteiger partial charge in [-0.3, -0.25) is 4.79 Å². The van der Waals surface area contributed by atoms with Gasteiger partial charge in [-0.15, -0.1) is 0 Å². The third kappa shape index (κ3) is 2.50. The molecule has 0 bridgehead atoms. The van der Waals surface area contributed by atoms with Gasteiger partial charge < -0.3 is 5.32 Å². The first-order valence-electron chi connectivity index (χ1n) is 5.31. The first kappa shape index (κ1) is 11.7. The van der Waals surface area contributed by atoms with E-state index in [-0.39, 0.29) is 11.7 Å². The third-order valence-corrected chi connectivity index (χ3v) is 2.28. The van der Waals surface area contributed by atoms with Crippen molar-refractivity contribution in [3.05, 3.63) is 53.5 Å². The molecule has 0 fully saturated rings. The molecule has 0 aliphatic heterocycles. The Morgan fingerprint density at radius 3 is 2.89 bits per heavy atom. The van der Waals surface area contributed by atoms with Gasteiger partial charge in [-0.05, 0) is 31.2 Å². The van der Waals surface area contributed by atoms with Gasteiger partial charge in [0.25, 0.3) is 5.91 Å². The minimum Gasteiger partial charge on any atom is -0.304 e. The summed E-state index contributed by atoms with van der Waals surface area (Å²) in [4.78, 5) is 20.0. The number of nitrogens with zero attached hydrogens (tertiary/aromatic N) is 3. The molecule has 0 aromatic carbocycles. The minimum atomic E-state index is -0.381. The van der Waals surface area contributed by atoms with Crippen LogP contribution in [-0.4, -0.2) is 15.9 Å². The molecule has 0 saturated heterocycles. The van der Waals surface area contributed by atoms with E-state index in [0.717, 1.165) is 5.69 Å². The van der Waals surface area contributed by atoms with Crippen LogP contribution in [0.4, 0.5) is 5.82 Å². The van der Waals surface area contributed by atoms with Crippen LogP contribution in [0.3, 0.4) is 0 Å². The Hall–Kier alpha value is -2.74. The van der Waals surface area contributed by atoms with Crippen LogP contribution >= 0.6 is 0 Å². The summed E-state index contributed by atoms with van der Waals surface area (Å²) in [6.45, 7) is 1.80. The number of aromatic nitrogens is 2. The van der Waals surface area contributed by atoms with E-state index < -0.39 is 0 Å². The van der Waals surface area contributed by atoms with Crippen molar-refractivity contribution in [2.45, 2.75) is 6.92 Å². The summed E-state index contributed by atoms with van der Waals surface area (Å²) >= 11 is 0. The standard InChI is InChI=1S/C13H10N4O/c1-9-4-2-6-11(16-9)13(18)17-12-10(8-14)5-3-7-15-12/h2-7H,1H3,(H,15,17,18). The fourth-order valence-corrected chi connectivity index (χ4v) is 1.44. The van der Waals surface area contributed by atoms with E-state index in [4.69, 9.17) is 5.26 Å². The highest BCUT2D eigenvalue weighted by atomic mass is 16.1. The quantitative estimate of drug-likeness (QED) is 0.866. The van der Waals surface area contributed by atoms with Gasteiger partial charge in [-0.25, -0.2) is 9.97 Å². The molecule has 88 valence electrons. The molecule has 0 aliphatic carbocycles. The Balaban J connectivity index is 2.25. The van der Waals surface area contributed by atoms with Crippen molar-refractivity contribution in [2.75, 3.05) is 5.32 Å². The number of carbonyl (C=O) groups is 1. The summed E-state index contributed by atoms with van der Waals surface area (Å²) in [5.74, 6) is -0.137. The van der Waals surface area contributed by atoms with Gasteiger partial charge in [0.05, 0.1) is 5.56 Å². The minimum absolute atomic E-state index is 0.244. The summed E-state index contributed by atoms with van der Waals surface area (Å²) in [6.07, 6.45) is 1.51. The SMILES string of the molecule is Cc1cccc(C(=O)Nc2ncccc2C#N)n1. The highest BCUT2D eigenvalue weighted by Gasteiger charge is 2.10. The molecule has 1 N–H and O–H groups in total. The summed E-state index contributed by atoms with van der Waals surface area (Å²) in [5.41, 5.74) is 1.37. The summed E-state index contributed by atoms with van der Waals surface area (Å²) in [6, 6.07) is 10.4. The van der Waals surface area contributed by atoms with Gasteiger partial charge in [0, 0.05) is 11.9 Å². The predicted octanol–water partition coefficient (Wildman–Crippen LogP) is 1.91. The van der Waals surface area contributed by atoms with Crippen molar-refractivity contribution in [2.24, 2.45) is 0 Å². The molecule has 0 aliphatic rings. The summed E-state index contributed by atoms with van der Waals surface area (Å²) in [5, 5.41) is 11.5. The van der Waals surface area contributed by atoms with Crippen molar-refractivity contribution in [3.63, 3.8) is 0 Å². The van der Waals surface area contributed by atoms with Gasteiger partial charge in [0.15, 0.2) is 5.82 Å². The molecule has 5 nitrogen and oxygen atoms in total. The molecule has 18 heavy (non-hydrogen) atoms. The van der Waals surface area contributed by atoms with Crippen LogP contribution in [0.25, 0.3) is 0 Å². The van der Waals surface area contributed by atoms with Crippen LogP contribution in [0.1, 0.15) is 21.7 Å². The number of carbonyl (C=O) groups excluding carboxylic acids is 1. The average Bonchev–Trinajstić information content (AvgIpc) is 2.39. The number of aryl methyl sites for hydroxylation is 1. The Morgan fingerprint density at radius 1 is 1.33 bits per heavy atom. The van der Waals surface area contributed by atoms with Gasteiger partial charge in [-0.1, -0.05) is 6.07 Å². The second-order valence-electron chi connectivity index (χ2n) is 3.63. The zero-order valence-corrected chi connectivity index (χ0v) is 9.71. The number of hydrogen-bond donors (Lipinski definition) is 1. The number of anilines is 1. The van der Waals surface area contributed by atoms with E-state index in [0.29, 0.717) is 11.3 Å². The lowest BCUT2D eigenvalue weighted by Crippen LogP contribution is -2.15. The van der Waals surface area contributed by atoms with Crippen molar-refractivity contribution in [1.29, 1.82) is 5.26 Å². The first-order chi connectivity index (χ1) is 8.70. The molecule has 0 radical (unpaired) electrons. The van der Waals surface area contributed by atoms with Crippen molar-refractivity contribution >= 4 is 11.7 Å². The largest absolute Gasteiger partial charge is 0.304 e. The molecule has 0 unspecified atom stereocenters. The van der Waals surface area contributed by atoms with Crippen molar-refractivity contribution in [1.82, 2.24) is 9.97 Å². The van der Waals surface area contributed by atoms with Crippen LogP contribution in [0.15, 0.2) is 36.5 Å². The lowest BCUT2D eigenvalue weighted by molar-refractivity contribution is 0.102. The number of pyridine rings is 2. The van der Waals surface area contributed by atoms with Crippen molar-refractivity contribution in [3.8, 4) is 6.07 Å². The Bertz CT molecular complexity index is 631. The van der Waals surface area contributed by atoms with E-state index in [1.165, 1.54) is 6.20 Å². The molecule has 2 heterocycles. The lowest BCUT2D eigenvalue weighted by atomic mass is 10.2. The van der Waals surface area contributed by atoms with Crippen LogP contribution in [-0.2, 0) is 0 Å². The van der Waals surface area contributed by atoms with E-state index in [9.17, 15) is 4.79 Å². The van der Waals surface area contributed by atoms with Gasteiger partial charge in [-0.2, -0.15) is 5.26 Å².